The van der Waals surface area contributed by atoms with Crippen LogP contribution in [0.1, 0.15) is 20.1 Å². The molecule has 4 N–H and O–H groups in total. The third-order valence-electron chi connectivity index (χ3n) is 4.97. The normalized spacial score (nSPS) is 22.6. The van der Waals surface area contributed by atoms with Gasteiger partial charge in [-0.1, -0.05) is 0 Å². The number of pyridine rings is 1. The number of carbonyl (C=O) groups is 1. The Morgan fingerprint density at radius 2 is 2.03 bits per heavy atom. The fraction of sp³-hybridized carbons (Fsp3) is 0.450. The Morgan fingerprint density at radius 1 is 1.24 bits per heavy atom. The number of hydrogen-bond acceptors (Lipinski definition) is 11. The lowest BCUT2D eigenvalue weighted by Crippen LogP contribution is -2.42. The molecule has 1 aliphatic heterocycles. The minimum atomic E-state index is -1.48. The van der Waals surface area contributed by atoms with Crippen LogP contribution in [-0.2, 0) is 14.4 Å². The molecule has 1 amide bonds. The van der Waals surface area contributed by atoms with Crippen molar-refractivity contribution in [1.29, 1.82) is 0 Å². The van der Waals surface area contributed by atoms with Crippen LogP contribution in [0, 0.1) is 0 Å². The van der Waals surface area contributed by atoms with Crippen LogP contribution in [0.2, 0.25) is 0 Å². The van der Waals surface area contributed by atoms with Crippen LogP contribution >= 0.6 is 0 Å². The number of aliphatic hydroxyl groups is 2. The molecule has 4 atom stereocenters. The van der Waals surface area contributed by atoms with E-state index in [0.717, 1.165) is 0 Å². The van der Waals surface area contributed by atoms with E-state index < -0.39 is 30.4 Å². The molecule has 4 rings (SSSR count). The van der Waals surface area contributed by atoms with Crippen LogP contribution < -0.4 is 15.5 Å². The number of hydrogen-bond donors (Lipinski definition) is 4. The highest BCUT2D eigenvalue weighted by atomic mass is 16.6. The summed E-state index contributed by atoms with van der Waals surface area (Å²) in [5.74, 6) is 0.605. The van der Waals surface area contributed by atoms with Crippen molar-refractivity contribution in [2.75, 3.05) is 19.5 Å². The Kier molecular flexibility index (Phi) is 6.37. The third-order valence-corrected chi connectivity index (χ3v) is 4.97. The largest absolute Gasteiger partial charge is 0.489 e. The number of nitrogens with one attached hydrogen (secondary N) is 2. The molecule has 33 heavy (non-hydrogen) atoms. The summed E-state index contributed by atoms with van der Waals surface area (Å²) < 4.78 is 12.8. The molecular formula is C20H25N7O6. The molecule has 0 spiro atoms. The molecule has 176 valence electrons. The second-order valence-electron chi connectivity index (χ2n) is 7.64. The maximum atomic E-state index is 12.1. The smallest absolute Gasteiger partial charge is 0.275 e. The average Bonchev–Trinajstić information content (AvgIpc) is 3.34. The number of nitrogens with zero attached hydrogens (tertiary/aromatic N) is 5. The number of ether oxygens (including phenoxy) is 2. The van der Waals surface area contributed by atoms with Gasteiger partial charge in [0.05, 0.1) is 25.7 Å². The Bertz CT molecular complexity index is 1150. The van der Waals surface area contributed by atoms with Gasteiger partial charge in [-0.3, -0.25) is 19.2 Å². The molecule has 1 aliphatic rings. The molecule has 0 radical (unpaired) electrons. The Balaban J connectivity index is 1.75. The second kappa shape index (κ2) is 9.23. The van der Waals surface area contributed by atoms with E-state index in [0.29, 0.717) is 34.1 Å². The lowest BCUT2D eigenvalue weighted by molar-refractivity contribution is -0.148. The molecular weight excluding hydrogens is 434 g/mol. The molecule has 3 aromatic rings. The SMILES string of the molecule is CNc1nc(-c2cncc(OC(C)C)c2)nc2c1ncn2C1OC(C(=O)NOC)C(O)C1O. The van der Waals surface area contributed by atoms with Crippen molar-refractivity contribution in [2.24, 2.45) is 0 Å². The molecule has 0 bridgehead atoms. The van der Waals surface area contributed by atoms with E-state index in [1.165, 1.54) is 18.0 Å². The van der Waals surface area contributed by atoms with E-state index >= 15 is 0 Å². The van der Waals surface area contributed by atoms with Gasteiger partial charge in [-0.2, -0.15) is 0 Å². The maximum Gasteiger partial charge on any atom is 0.275 e. The fourth-order valence-corrected chi connectivity index (χ4v) is 3.55. The van der Waals surface area contributed by atoms with Crippen LogP contribution in [0.5, 0.6) is 5.75 Å². The summed E-state index contributed by atoms with van der Waals surface area (Å²) in [5.41, 5.74) is 3.43. The van der Waals surface area contributed by atoms with Crippen LogP contribution in [-0.4, -0.2) is 79.2 Å². The quantitative estimate of drug-likeness (QED) is 0.352. The van der Waals surface area contributed by atoms with Crippen molar-refractivity contribution >= 4 is 22.9 Å². The van der Waals surface area contributed by atoms with Crippen molar-refractivity contribution in [1.82, 2.24) is 30.0 Å². The lowest BCUT2D eigenvalue weighted by Gasteiger charge is -2.17. The maximum absolute atomic E-state index is 12.1. The lowest BCUT2D eigenvalue weighted by atomic mass is 10.1. The van der Waals surface area contributed by atoms with Gasteiger partial charge in [-0.25, -0.2) is 20.4 Å². The zero-order chi connectivity index (χ0) is 23.7. The summed E-state index contributed by atoms with van der Waals surface area (Å²) in [6.45, 7) is 3.82. The fourth-order valence-electron chi connectivity index (χ4n) is 3.55. The van der Waals surface area contributed by atoms with Gasteiger partial charge in [0.25, 0.3) is 5.91 Å². The first-order valence-corrected chi connectivity index (χ1v) is 10.2. The third kappa shape index (κ3) is 4.30. The van der Waals surface area contributed by atoms with Crippen LogP contribution in [0.4, 0.5) is 5.82 Å². The minimum absolute atomic E-state index is 0.0320. The predicted molar refractivity (Wildman–Crippen MR) is 115 cm³/mol. The van der Waals surface area contributed by atoms with Gasteiger partial charge in [-0.05, 0) is 19.9 Å². The van der Waals surface area contributed by atoms with Crippen molar-refractivity contribution < 1.29 is 29.3 Å². The first kappa shape index (κ1) is 22.8. The molecule has 4 unspecified atom stereocenters. The van der Waals surface area contributed by atoms with Crippen LogP contribution in [0.15, 0.2) is 24.8 Å². The molecule has 3 aromatic heterocycles. The summed E-state index contributed by atoms with van der Waals surface area (Å²) in [7, 11) is 2.95. The van der Waals surface area contributed by atoms with Gasteiger partial charge in [0, 0.05) is 18.8 Å². The van der Waals surface area contributed by atoms with Gasteiger partial charge in [0.15, 0.2) is 35.1 Å². The first-order chi connectivity index (χ1) is 15.8. The number of carbonyl (C=O) groups excluding carboxylic acids is 1. The number of rotatable bonds is 7. The number of aliphatic hydroxyl groups excluding tert-OH is 2. The second-order valence-corrected chi connectivity index (χ2v) is 7.64. The molecule has 0 aromatic carbocycles. The van der Waals surface area contributed by atoms with E-state index in [9.17, 15) is 15.0 Å². The minimum Gasteiger partial charge on any atom is -0.489 e. The van der Waals surface area contributed by atoms with Gasteiger partial charge in [0.2, 0.25) is 0 Å². The molecule has 1 fully saturated rings. The highest BCUT2D eigenvalue weighted by Gasteiger charge is 2.48. The Morgan fingerprint density at radius 3 is 2.73 bits per heavy atom. The Hall–Kier alpha value is -3.39. The molecule has 0 aliphatic carbocycles. The average molecular weight is 459 g/mol. The van der Waals surface area contributed by atoms with E-state index in [2.05, 4.69) is 35.6 Å². The van der Waals surface area contributed by atoms with Gasteiger partial charge < -0.3 is 25.0 Å². The number of imidazole rings is 1. The topological polar surface area (TPSA) is 166 Å². The summed E-state index contributed by atoms with van der Waals surface area (Å²) >= 11 is 0. The summed E-state index contributed by atoms with van der Waals surface area (Å²) in [6.07, 6.45) is -0.809. The summed E-state index contributed by atoms with van der Waals surface area (Å²) in [6, 6.07) is 1.77. The predicted octanol–water partition coefficient (Wildman–Crippen LogP) is 0.0140. The van der Waals surface area contributed by atoms with Gasteiger partial charge in [0.1, 0.15) is 18.0 Å². The zero-order valence-corrected chi connectivity index (χ0v) is 18.5. The molecule has 4 heterocycles. The number of anilines is 1. The van der Waals surface area contributed by atoms with E-state index in [1.54, 1.807) is 25.5 Å². The number of amides is 1. The first-order valence-electron chi connectivity index (χ1n) is 10.2. The van der Waals surface area contributed by atoms with Crippen LogP contribution in [0.25, 0.3) is 22.6 Å². The van der Waals surface area contributed by atoms with Crippen molar-refractivity contribution in [3.8, 4) is 17.1 Å². The standard InChI is InChI=1S/C20H25N7O6/c1-9(2)32-11-5-10(6-22-7-11)16-24-17(21-3)12-18(25-16)27(8-23-12)20-14(29)13(28)15(33-20)19(30)26-31-4/h5-9,13-15,20,28-29H,1-4H3,(H,26,30)(H,21,24,25). The zero-order valence-electron chi connectivity index (χ0n) is 18.5. The van der Waals surface area contributed by atoms with Gasteiger partial charge >= 0.3 is 0 Å². The van der Waals surface area contributed by atoms with Gasteiger partial charge in [-0.15, -0.1) is 0 Å². The molecule has 1 saturated heterocycles. The molecule has 0 saturated carbocycles. The number of hydroxylamine groups is 1. The highest BCUT2D eigenvalue weighted by Crippen LogP contribution is 2.33. The van der Waals surface area contributed by atoms with E-state index in [1.807, 2.05) is 13.8 Å². The van der Waals surface area contributed by atoms with Crippen molar-refractivity contribution in [3.63, 3.8) is 0 Å². The number of aromatic nitrogens is 5. The molecule has 13 nitrogen and oxygen atoms in total. The highest BCUT2D eigenvalue weighted by molar-refractivity contribution is 5.85. The summed E-state index contributed by atoms with van der Waals surface area (Å²) in [5, 5.41) is 23.9. The van der Waals surface area contributed by atoms with Crippen molar-refractivity contribution in [2.45, 2.75) is 44.5 Å². The Labute approximate surface area is 188 Å². The van der Waals surface area contributed by atoms with E-state index in [4.69, 9.17) is 9.47 Å². The summed E-state index contributed by atoms with van der Waals surface area (Å²) in [4.78, 5) is 34.4. The molecule has 13 heteroatoms. The number of fused-ring (bicyclic) bond motifs is 1. The monoisotopic (exact) mass is 459 g/mol. The van der Waals surface area contributed by atoms with E-state index in [-0.39, 0.29) is 6.10 Å². The van der Waals surface area contributed by atoms with Crippen LogP contribution in [0.3, 0.4) is 0 Å². The van der Waals surface area contributed by atoms with Crippen molar-refractivity contribution in [3.05, 3.63) is 24.8 Å².